The average molecular weight is 594 g/mol. The van der Waals surface area contributed by atoms with Crippen LogP contribution in [0.3, 0.4) is 0 Å². The summed E-state index contributed by atoms with van der Waals surface area (Å²) in [5.74, 6) is -0.197. The fraction of sp³-hybridized carbons (Fsp3) is 0.423. The molecule has 3 aromatic rings. The number of halogens is 2. The van der Waals surface area contributed by atoms with Crippen molar-refractivity contribution in [3.63, 3.8) is 0 Å². The van der Waals surface area contributed by atoms with Crippen LogP contribution < -0.4 is 9.62 Å². The maximum atomic E-state index is 15.1. The van der Waals surface area contributed by atoms with Crippen molar-refractivity contribution >= 4 is 48.1 Å². The number of nitrogens with one attached hydrogen (secondary N) is 1. The van der Waals surface area contributed by atoms with E-state index >= 15 is 4.39 Å². The Balaban J connectivity index is 1.30. The molecule has 0 aliphatic carbocycles. The number of aromatic nitrogens is 1. The second-order valence-corrected chi connectivity index (χ2v) is 13.6. The van der Waals surface area contributed by atoms with Gasteiger partial charge >= 0.3 is 0 Å². The van der Waals surface area contributed by atoms with Gasteiger partial charge in [-0.25, -0.2) is 22.1 Å². The molecule has 0 saturated carbocycles. The summed E-state index contributed by atoms with van der Waals surface area (Å²) in [5.41, 5.74) is 3.25. The summed E-state index contributed by atoms with van der Waals surface area (Å²) >= 11 is 4.66. The third-order valence-corrected chi connectivity index (χ3v) is 10.9. The first-order valence-corrected chi connectivity index (χ1v) is 15.2. The minimum absolute atomic E-state index is 0.0427. The fourth-order valence-electron chi connectivity index (χ4n) is 5.63. The molecule has 2 aliphatic heterocycles. The van der Waals surface area contributed by atoms with E-state index < -0.39 is 15.8 Å². The van der Waals surface area contributed by atoms with E-state index in [1.807, 2.05) is 0 Å². The van der Waals surface area contributed by atoms with Crippen molar-refractivity contribution in [3.05, 3.63) is 69.4 Å². The lowest BCUT2D eigenvalue weighted by molar-refractivity contribution is 0.209. The molecule has 1 aromatic heterocycles. The van der Waals surface area contributed by atoms with Crippen LogP contribution in [0.1, 0.15) is 30.4 Å². The Morgan fingerprint density at radius 3 is 2.81 bits per heavy atom. The van der Waals surface area contributed by atoms with Crippen LogP contribution in [0.25, 0.3) is 0 Å². The Morgan fingerprint density at radius 1 is 1.31 bits per heavy atom. The summed E-state index contributed by atoms with van der Waals surface area (Å²) in [4.78, 5) is 6.24. The van der Waals surface area contributed by atoms with Gasteiger partial charge in [0.1, 0.15) is 10.7 Å². The van der Waals surface area contributed by atoms with Gasteiger partial charge in [-0.3, -0.25) is 4.90 Å². The fourth-order valence-corrected chi connectivity index (χ4v) is 8.33. The zero-order valence-corrected chi connectivity index (χ0v) is 23.6. The van der Waals surface area contributed by atoms with Crippen LogP contribution in [0.4, 0.5) is 15.2 Å². The largest absolute Gasteiger partial charge is 0.382 e. The highest BCUT2D eigenvalue weighted by Gasteiger charge is 2.48. The summed E-state index contributed by atoms with van der Waals surface area (Å²) in [6.07, 6.45) is 5.95. The van der Waals surface area contributed by atoms with Gasteiger partial charge in [0.05, 0.1) is 5.69 Å². The quantitative estimate of drug-likeness (QED) is 0.364. The molecule has 3 heterocycles. The summed E-state index contributed by atoms with van der Waals surface area (Å²) < 4.78 is 42.7. The molecular weight excluding hydrogens is 563 g/mol. The molecule has 0 spiro atoms. The van der Waals surface area contributed by atoms with Crippen molar-refractivity contribution in [2.75, 3.05) is 36.3 Å². The van der Waals surface area contributed by atoms with Crippen molar-refractivity contribution in [2.45, 2.75) is 43.0 Å². The number of benzene rings is 2. The molecule has 0 radical (unpaired) electrons. The molecule has 2 aliphatic rings. The number of rotatable bonds is 8. The Bertz CT molecular complexity index is 1330. The lowest BCUT2D eigenvalue weighted by Gasteiger charge is -2.33. The number of aryl methyl sites for hydroxylation is 1. The highest BCUT2D eigenvalue weighted by Crippen LogP contribution is 2.43. The van der Waals surface area contributed by atoms with Crippen molar-refractivity contribution in [2.24, 2.45) is 5.92 Å². The molecule has 10 heteroatoms. The van der Waals surface area contributed by atoms with E-state index in [4.69, 9.17) is 0 Å². The van der Waals surface area contributed by atoms with Crippen LogP contribution in [-0.2, 0) is 16.4 Å². The van der Waals surface area contributed by atoms with Gasteiger partial charge in [0, 0.05) is 41.7 Å². The smallest absolute Gasteiger partial charge is 0.268 e. The van der Waals surface area contributed by atoms with Gasteiger partial charge in [-0.05, 0) is 78.7 Å². The second-order valence-electron chi connectivity index (χ2n) is 9.94. The Hall–Kier alpha value is -2.01. The van der Waals surface area contributed by atoms with Gasteiger partial charge < -0.3 is 5.32 Å². The number of thiazole rings is 1. The molecule has 6 nitrogen and oxygen atoms in total. The number of fused-ring (bicyclic) bond motifs is 1. The molecule has 0 bridgehead atoms. The molecule has 0 amide bonds. The predicted molar refractivity (Wildman–Crippen MR) is 147 cm³/mol. The van der Waals surface area contributed by atoms with Gasteiger partial charge in [-0.15, -0.1) is 11.3 Å². The van der Waals surface area contributed by atoms with Crippen molar-refractivity contribution in [3.8, 4) is 0 Å². The number of hydrogen-bond donors (Lipinski definition) is 1. The third kappa shape index (κ3) is 4.92. The summed E-state index contributed by atoms with van der Waals surface area (Å²) in [6, 6.07) is 11.4. The molecule has 2 fully saturated rings. The van der Waals surface area contributed by atoms with E-state index in [1.54, 1.807) is 5.38 Å². The molecule has 2 saturated heterocycles. The van der Waals surface area contributed by atoms with Crippen molar-refractivity contribution < 1.29 is 12.8 Å². The normalized spacial score (nSPS) is 22.1. The predicted octanol–water partition coefficient (Wildman–Crippen LogP) is 5.69. The number of hydrogen-bond acceptors (Lipinski definition) is 6. The monoisotopic (exact) mass is 592 g/mol. The zero-order chi connectivity index (χ0) is 25.5. The first-order valence-electron chi connectivity index (χ1n) is 12.1. The molecule has 5 rings (SSSR count). The maximum Gasteiger partial charge on any atom is 0.268 e. The van der Waals surface area contributed by atoms with E-state index in [1.165, 1.54) is 47.8 Å². The average Bonchev–Trinajstić information content (AvgIpc) is 3.57. The first-order chi connectivity index (χ1) is 17.2. The van der Waals surface area contributed by atoms with Crippen LogP contribution in [-0.4, -0.2) is 50.5 Å². The Morgan fingerprint density at radius 2 is 2.08 bits per heavy atom. The van der Waals surface area contributed by atoms with Gasteiger partial charge in [0.2, 0.25) is 0 Å². The maximum absolute atomic E-state index is 15.1. The Kier molecular flexibility index (Phi) is 7.15. The van der Waals surface area contributed by atoms with E-state index in [0.717, 1.165) is 43.1 Å². The molecule has 2 unspecified atom stereocenters. The summed E-state index contributed by atoms with van der Waals surface area (Å²) in [6.45, 7) is 4.96. The van der Waals surface area contributed by atoms with Crippen LogP contribution in [0.2, 0.25) is 0 Å². The highest BCUT2D eigenvalue weighted by atomic mass is 79.9. The topological polar surface area (TPSA) is 65.5 Å². The molecule has 36 heavy (non-hydrogen) atoms. The van der Waals surface area contributed by atoms with E-state index in [9.17, 15) is 8.42 Å². The first kappa shape index (κ1) is 25.6. The van der Waals surface area contributed by atoms with Crippen LogP contribution in [0.5, 0.6) is 0 Å². The van der Waals surface area contributed by atoms with E-state index in [-0.39, 0.29) is 15.6 Å². The SMILES string of the molecule is Cc1ccc(CC2CN3CCCC3(CNc3cc(F)c(S(=O)(=O)N(C)c4nccs4)cc3Br)C2)cc1. The number of nitrogens with zero attached hydrogens (tertiary/aromatic N) is 3. The zero-order valence-electron chi connectivity index (χ0n) is 20.4. The number of sulfonamides is 1. The van der Waals surface area contributed by atoms with Crippen LogP contribution in [0, 0.1) is 18.7 Å². The van der Waals surface area contributed by atoms with Crippen LogP contribution in [0.15, 0.2) is 57.3 Å². The van der Waals surface area contributed by atoms with Gasteiger partial charge in [0.15, 0.2) is 5.13 Å². The Labute approximate surface area is 224 Å². The molecule has 2 aromatic carbocycles. The van der Waals surface area contributed by atoms with Crippen LogP contribution >= 0.6 is 27.3 Å². The molecule has 1 N–H and O–H groups in total. The lowest BCUT2D eigenvalue weighted by Crippen LogP contribution is -2.44. The second kappa shape index (κ2) is 10.0. The van der Waals surface area contributed by atoms with E-state index in [2.05, 4.69) is 62.3 Å². The summed E-state index contributed by atoms with van der Waals surface area (Å²) in [5, 5.41) is 5.41. The van der Waals surface area contributed by atoms with E-state index in [0.29, 0.717) is 22.6 Å². The minimum atomic E-state index is -4.08. The molecule has 192 valence electrons. The standard InChI is InChI=1S/C26H30BrFN4O2S2/c1-18-4-6-19(7-5-18)12-20-15-26(8-3-10-32(26)16-20)17-30-23-14-22(28)24(13-21(23)27)36(33,34)31(2)25-29-9-11-35-25/h4-7,9,11,13-14,20,30H,3,8,10,12,15-17H2,1-2H3. The van der Waals surface area contributed by atoms with Gasteiger partial charge in [-0.2, -0.15) is 0 Å². The van der Waals surface area contributed by atoms with Crippen molar-refractivity contribution in [1.29, 1.82) is 0 Å². The number of anilines is 2. The minimum Gasteiger partial charge on any atom is -0.382 e. The third-order valence-electron chi connectivity index (χ3n) is 7.49. The summed E-state index contributed by atoms with van der Waals surface area (Å²) in [7, 11) is -2.69. The molecular formula is C26H30BrFN4O2S2. The van der Waals surface area contributed by atoms with Crippen molar-refractivity contribution in [1.82, 2.24) is 9.88 Å². The van der Waals surface area contributed by atoms with Gasteiger partial charge in [-0.1, -0.05) is 29.8 Å². The lowest BCUT2D eigenvalue weighted by atomic mass is 9.87. The highest BCUT2D eigenvalue weighted by molar-refractivity contribution is 9.10. The molecule has 2 atom stereocenters. The van der Waals surface area contributed by atoms with Gasteiger partial charge in [0.25, 0.3) is 10.0 Å².